The molecule has 0 aromatic rings. The zero-order valence-electron chi connectivity index (χ0n) is 10.8. The second-order valence-electron chi connectivity index (χ2n) is 3.83. The van der Waals surface area contributed by atoms with Crippen LogP contribution in [0.4, 0.5) is 0 Å². The van der Waals surface area contributed by atoms with Gasteiger partial charge in [0.2, 0.25) is 0 Å². The lowest BCUT2D eigenvalue weighted by molar-refractivity contribution is -0.143. The Kier molecular flexibility index (Phi) is 10.5. The molecule has 0 radical (unpaired) electrons. The Morgan fingerprint density at radius 3 is 2.69 bits per heavy atom. The van der Waals surface area contributed by atoms with Gasteiger partial charge in [0.15, 0.2) is 0 Å². The molecule has 0 rings (SSSR count). The van der Waals surface area contributed by atoms with E-state index >= 15 is 0 Å². The Balaban J connectivity index is 3.29. The molecule has 0 aromatic carbocycles. The Morgan fingerprint density at radius 1 is 1.31 bits per heavy atom. The second kappa shape index (κ2) is 10.9. The molecule has 1 unspecified atom stereocenters. The maximum atomic E-state index is 11.1. The minimum atomic E-state index is -0.135. The summed E-state index contributed by atoms with van der Waals surface area (Å²) in [6, 6.07) is 0.172. The normalized spacial score (nSPS) is 12.4. The highest BCUT2D eigenvalue weighted by Gasteiger charge is 2.08. The Bertz CT molecular complexity index is 174. The molecule has 0 saturated heterocycles. The lowest BCUT2D eigenvalue weighted by atomic mass is 10.2. The van der Waals surface area contributed by atoms with E-state index in [0.29, 0.717) is 13.0 Å². The number of carbonyl (C=O) groups excluding carboxylic acids is 1. The Morgan fingerprint density at radius 2 is 2.06 bits per heavy atom. The van der Waals surface area contributed by atoms with Crippen molar-refractivity contribution in [3.05, 3.63) is 0 Å². The summed E-state index contributed by atoms with van der Waals surface area (Å²) in [5.74, 6) is -0.135. The molecule has 0 aliphatic carbocycles. The lowest BCUT2D eigenvalue weighted by Crippen LogP contribution is -2.30. The molecule has 4 heteroatoms. The van der Waals surface area contributed by atoms with Gasteiger partial charge < -0.3 is 14.8 Å². The van der Waals surface area contributed by atoms with Gasteiger partial charge in [-0.1, -0.05) is 6.92 Å². The van der Waals surface area contributed by atoms with Crippen LogP contribution in [0.25, 0.3) is 0 Å². The number of hydrogen-bond donors (Lipinski definition) is 1. The van der Waals surface area contributed by atoms with Crippen LogP contribution in [0.15, 0.2) is 0 Å². The number of rotatable bonds is 10. The summed E-state index contributed by atoms with van der Waals surface area (Å²) in [7, 11) is 0. The van der Waals surface area contributed by atoms with Gasteiger partial charge in [-0.25, -0.2) is 0 Å². The lowest BCUT2D eigenvalue weighted by Gasteiger charge is -2.12. The van der Waals surface area contributed by atoms with Crippen molar-refractivity contribution < 1.29 is 14.3 Å². The molecular weight excluding hydrogens is 206 g/mol. The SMILES string of the molecule is CCCOCCCNC(C)CC(=O)OCC. The number of hydrogen-bond acceptors (Lipinski definition) is 4. The standard InChI is InChI=1S/C12H25NO3/c1-4-8-15-9-6-7-13-11(3)10-12(14)16-5-2/h11,13H,4-10H2,1-3H3. The predicted molar refractivity (Wildman–Crippen MR) is 64.4 cm³/mol. The maximum absolute atomic E-state index is 11.1. The van der Waals surface area contributed by atoms with Gasteiger partial charge in [-0.15, -0.1) is 0 Å². The Hall–Kier alpha value is -0.610. The first-order valence-electron chi connectivity index (χ1n) is 6.17. The molecule has 0 heterocycles. The molecular formula is C12H25NO3. The molecule has 0 saturated carbocycles. The van der Waals surface area contributed by atoms with E-state index in [1.54, 1.807) is 0 Å². The molecule has 0 amide bonds. The van der Waals surface area contributed by atoms with Crippen LogP contribution < -0.4 is 5.32 Å². The van der Waals surface area contributed by atoms with Crippen LogP contribution in [-0.4, -0.2) is 38.4 Å². The summed E-state index contributed by atoms with van der Waals surface area (Å²) in [5.41, 5.74) is 0. The molecule has 0 spiro atoms. The molecule has 0 aliphatic heterocycles. The first-order valence-corrected chi connectivity index (χ1v) is 6.17. The molecule has 0 bridgehead atoms. The van der Waals surface area contributed by atoms with Crippen LogP contribution in [0.3, 0.4) is 0 Å². The van der Waals surface area contributed by atoms with E-state index in [9.17, 15) is 4.79 Å². The first-order chi connectivity index (χ1) is 7.70. The summed E-state index contributed by atoms with van der Waals surface area (Å²) < 4.78 is 10.2. The van der Waals surface area contributed by atoms with Crippen LogP contribution in [-0.2, 0) is 14.3 Å². The van der Waals surface area contributed by atoms with E-state index in [4.69, 9.17) is 9.47 Å². The quantitative estimate of drug-likeness (QED) is 0.459. The highest BCUT2D eigenvalue weighted by Crippen LogP contribution is 1.94. The summed E-state index contributed by atoms with van der Waals surface area (Å²) in [6.07, 6.45) is 2.48. The van der Waals surface area contributed by atoms with Crippen molar-refractivity contribution in [3.63, 3.8) is 0 Å². The van der Waals surface area contributed by atoms with Crippen LogP contribution in [0.1, 0.15) is 40.0 Å². The zero-order valence-corrected chi connectivity index (χ0v) is 10.8. The number of ether oxygens (including phenoxy) is 2. The van der Waals surface area contributed by atoms with Crippen molar-refractivity contribution in [2.24, 2.45) is 0 Å². The van der Waals surface area contributed by atoms with Crippen molar-refractivity contribution in [1.29, 1.82) is 0 Å². The molecule has 4 nitrogen and oxygen atoms in total. The molecule has 1 atom stereocenters. The molecule has 0 aromatic heterocycles. The average Bonchev–Trinajstić information content (AvgIpc) is 2.23. The smallest absolute Gasteiger partial charge is 0.307 e. The summed E-state index contributed by atoms with van der Waals surface area (Å²) in [6.45, 7) is 8.86. The van der Waals surface area contributed by atoms with Gasteiger partial charge in [0.25, 0.3) is 0 Å². The van der Waals surface area contributed by atoms with Gasteiger partial charge in [-0.3, -0.25) is 4.79 Å². The third-order valence-corrected chi connectivity index (χ3v) is 2.08. The minimum Gasteiger partial charge on any atom is -0.466 e. The monoisotopic (exact) mass is 231 g/mol. The van der Waals surface area contributed by atoms with E-state index in [2.05, 4.69) is 12.2 Å². The van der Waals surface area contributed by atoms with Crippen LogP contribution in [0.2, 0.25) is 0 Å². The third-order valence-electron chi connectivity index (χ3n) is 2.08. The number of carbonyl (C=O) groups is 1. The van der Waals surface area contributed by atoms with Gasteiger partial charge in [0.1, 0.15) is 0 Å². The van der Waals surface area contributed by atoms with Crippen molar-refractivity contribution >= 4 is 5.97 Å². The Labute approximate surface area is 98.7 Å². The van der Waals surface area contributed by atoms with Gasteiger partial charge in [-0.05, 0) is 33.2 Å². The highest BCUT2D eigenvalue weighted by atomic mass is 16.5. The van der Waals surface area contributed by atoms with Gasteiger partial charge in [-0.2, -0.15) is 0 Å². The average molecular weight is 231 g/mol. The first kappa shape index (κ1) is 15.4. The van der Waals surface area contributed by atoms with E-state index in [0.717, 1.165) is 32.6 Å². The van der Waals surface area contributed by atoms with E-state index in [1.165, 1.54) is 0 Å². The van der Waals surface area contributed by atoms with E-state index in [-0.39, 0.29) is 12.0 Å². The van der Waals surface area contributed by atoms with Crippen LogP contribution in [0.5, 0.6) is 0 Å². The second-order valence-corrected chi connectivity index (χ2v) is 3.83. The van der Waals surface area contributed by atoms with Crippen LogP contribution >= 0.6 is 0 Å². The fourth-order valence-corrected chi connectivity index (χ4v) is 1.31. The fraction of sp³-hybridized carbons (Fsp3) is 0.917. The largest absolute Gasteiger partial charge is 0.466 e. The molecule has 96 valence electrons. The zero-order chi connectivity index (χ0) is 12.2. The maximum Gasteiger partial charge on any atom is 0.307 e. The van der Waals surface area contributed by atoms with Crippen LogP contribution in [0, 0.1) is 0 Å². The number of nitrogens with one attached hydrogen (secondary N) is 1. The summed E-state index contributed by atoms with van der Waals surface area (Å²) in [4.78, 5) is 11.1. The molecule has 0 fully saturated rings. The van der Waals surface area contributed by atoms with Gasteiger partial charge in [0.05, 0.1) is 13.0 Å². The van der Waals surface area contributed by atoms with Crippen molar-refractivity contribution in [2.75, 3.05) is 26.4 Å². The van der Waals surface area contributed by atoms with Crippen molar-refractivity contribution in [2.45, 2.75) is 46.1 Å². The van der Waals surface area contributed by atoms with E-state index in [1.807, 2.05) is 13.8 Å². The predicted octanol–water partition coefficient (Wildman–Crippen LogP) is 1.73. The third kappa shape index (κ3) is 9.93. The molecule has 16 heavy (non-hydrogen) atoms. The van der Waals surface area contributed by atoms with Gasteiger partial charge >= 0.3 is 5.97 Å². The topological polar surface area (TPSA) is 47.6 Å². The fourth-order valence-electron chi connectivity index (χ4n) is 1.31. The minimum absolute atomic E-state index is 0.135. The highest BCUT2D eigenvalue weighted by molar-refractivity contribution is 5.69. The van der Waals surface area contributed by atoms with Crippen molar-refractivity contribution in [3.8, 4) is 0 Å². The molecule has 0 aliphatic rings. The van der Waals surface area contributed by atoms with Gasteiger partial charge in [0, 0.05) is 19.3 Å². The summed E-state index contributed by atoms with van der Waals surface area (Å²) in [5, 5.41) is 3.27. The summed E-state index contributed by atoms with van der Waals surface area (Å²) >= 11 is 0. The van der Waals surface area contributed by atoms with Crippen molar-refractivity contribution in [1.82, 2.24) is 5.32 Å². The number of esters is 1. The van der Waals surface area contributed by atoms with E-state index < -0.39 is 0 Å². The molecule has 1 N–H and O–H groups in total.